The van der Waals surface area contributed by atoms with Gasteiger partial charge in [-0.3, -0.25) is 24.2 Å². The summed E-state index contributed by atoms with van der Waals surface area (Å²) in [5.74, 6) is -1.18. The molecule has 2 heterocycles. The number of carbonyl (C=O) groups excluding carboxylic acids is 3. The first-order chi connectivity index (χ1) is 16.4. The van der Waals surface area contributed by atoms with E-state index in [-0.39, 0.29) is 43.2 Å². The fraction of sp³-hybridized carbons (Fsp3) is 0.261. The molecule has 1 aliphatic rings. The summed E-state index contributed by atoms with van der Waals surface area (Å²) in [5.41, 5.74) is 7.81. The summed E-state index contributed by atoms with van der Waals surface area (Å²) in [6, 6.07) is 10.8. The number of H-pyrrole nitrogens is 1. The van der Waals surface area contributed by atoms with Crippen LogP contribution < -0.4 is 11.1 Å². The number of nitrogens with zero attached hydrogens (tertiary/aromatic N) is 4. The quantitative estimate of drug-likeness (QED) is 0.354. The summed E-state index contributed by atoms with van der Waals surface area (Å²) in [6.45, 7) is 0.112. The maximum absolute atomic E-state index is 13.1. The van der Waals surface area contributed by atoms with Crippen LogP contribution in [0.2, 0.25) is 5.02 Å². The lowest BCUT2D eigenvalue weighted by molar-refractivity contribution is -0.137. The topological polar surface area (TPSA) is 139 Å². The Balaban J connectivity index is 1.27. The molecule has 3 amide bonds. The van der Waals surface area contributed by atoms with Gasteiger partial charge in [0.25, 0.3) is 5.91 Å². The number of halogens is 1. The molecule has 2 aromatic heterocycles. The number of aromatic nitrogens is 4. The van der Waals surface area contributed by atoms with Crippen LogP contribution in [0.1, 0.15) is 28.9 Å². The van der Waals surface area contributed by atoms with Crippen LogP contribution in [0.4, 0.5) is 0 Å². The Morgan fingerprint density at radius 2 is 2.00 bits per heavy atom. The van der Waals surface area contributed by atoms with E-state index in [1.807, 2.05) is 6.07 Å². The number of aromatic amines is 1. The second-order valence-electron chi connectivity index (χ2n) is 8.33. The summed E-state index contributed by atoms with van der Waals surface area (Å²) < 4.78 is 1.46. The summed E-state index contributed by atoms with van der Waals surface area (Å²) in [5, 5.41) is 15.9. The first-order valence-corrected chi connectivity index (χ1v) is 11.2. The SMILES string of the molecule is NC(=O)c1nn(CC(=O)N(CC(=O)NCc2cc(Cl)c3cn[nH]c3c2)C2CC2)c2ccccc12. The predicted octanol–water partition coefficient (Wildman–Crippen LogP) is 1.97. The number of benzene rings is 2. The third kappa shape index (κ3) is 4.32. The van der Waals surface area contributed by atoms with E-state index in [0.717, 1.165) is 29.3 Å². The van der Waals surface area contributed by atoms with E-state index in [1.54, 1.807) is 41.4 Å². The number of nitrogens with two attached hydrogens (primary N) is 1. The number of nitrogens with one attached hydrogen (secondary N) is 2. The lowest BCUT2D eigenvalue weighted by Crippen LogP contribution is -2.43. The molecule has 10 nitrogen and oxygen atoms in total. The molecule has 5 rings (SSSR count). The molecule has 0 radical (unpaired) electrons. The van der Waals surface area contributed by atoms with Crippen molar-refractivity contribution >= 4 is 51.1 Å². The van der Waals surface area contributed by atoms with Crippen molar-refractivity contribution in [2.24, 2.45) is 5.73 Å². The van der Waals surface area contributed by atoms with Gasteiger partial charge in [0.2, 0.25) is 11.8 Å². The van der Waals surface area contributed by atoms with Crippen molar-refractivity contribution < 1.29 is 14.4 Å². The molecule has 0 saturated heterocycles. The second-order valence-corrected chi connectivity index (χ2v) is 8.73. The third-order valence-corrected chi connectivity index (χ3v) is 6.17. The van der Waals surface area contributed by atoms with Crippen LogP contribution in [0.5, 0.6) is 0 Å². The molecule has 0 unspecified atom stereocenters. The zero-order valence-corrected chi connectivity index (χ0v) is 18.9. The lowest BCUT2D eigenvalue weighted by atomic mass is 10.1. The Morgan fingerprint density at radius 1 is 1.21 bits per heavy atom. The standard InChI is InChI=1S/C23H22ClN7O3/c24-17-7-13(8-18-16(17)10-27-28-18)9-26-20(32)11-30(14-5-6-14)21(33)12-31-19-4-2-1-3-15(19)22(29-31)23(25)34/h1-4,7-8,10,14H,5-6,9,11-12H2,(H2,25,34)(H,26,32)(H,27,28). The fourth-order valence-electron chi connectivity index (χ4n) is 4.03. The minimum absolute atomic E-state index is 0.0199. The van der Waals surface area contributed by atoms with Gasteiger partial charge in [0, 0.05) is 23.4 Å². The fourth-order valence-corrected chi connectivity index (χ4v) is 4.32. The van der Waals surface area contributed by atoms with E-state index >= 15 is 0 Å². The number of amides is 3. The smallest absolute Gasteiger partial charge is 0.269 e. The largest absolute Gasteiger partial charge is 0.364 e. The average Bonchev–Trinajstić information content (AvgIpc) is 3.42. The molecule has 4 aromatic rings. The van der Waals surface area contributed by atoms with Gasteiger partial charge < -0.3 is 16.0 Å². The highest BCUT2D eigenvalue weighted by Gasteiger charge is 2.34. The van der Waals surface area contributed by atoms with Gasteiger partial charge in [-0.1, -0.05) is 29.8 Å². The molecular weight excluding hydrogens is 458 g/mol. The van der Waals surface area contributed by atoms with Crippen molar-refractivity contribution in [2.75, 3.05) is 6.54 Å². The highest BCUT2D eigenvalue weighted by Crippen LogP contribution is 2.28. The first-order valence-electron chi connectivity index (χ1n) is 10.8. The van der Waals surface area contributed by atoms with Crippen LogP contribution in [0, 0.1) is 0 Å². The Kier molecular flexibility index (Phi) is 5.66. The number of rotatable bonds is 8. The van der Waals surface area contributed by atoms with Crippen LogP contribution in [-0.2, 0) is 22.7 Å². The van der Waals surface area contributed by atoms with E-state index in [1.165, 1.54) is 4.68 Å². The van der Waals surface area contributed by atoms with Gasteiger partial charge in [0.15, 0.2) is 5.69 Å². The van der Waals surface area contributed by atoms with Crippen molar-refractivity contribution in [1.29, 1.82) is 0 Å². The normalized spacial score (nSPS) is 13.3. The molecule has 2 aromatic carbocycles. The van der Waals surface area contributed by atoms with Crippen LogP contribution in [0.25, 0.3) is 21.8 Å². The molecule has 174 valence electrons. The Hall–Kier alpha value is -3.92. The molecule has 1 saturated carbocycles. The molecule has 0 bridgehead atoms. The number of hydrogen-bond acceptors (Lipinski definition) is 5. The average molecular weight is 480 g/mol. The molecule has 34 heavy (non-hydrogen) atoms. The number of hydrogen-bond donors (Lipinski definition) is 3. The van der Waals surface area contributed by atoms with Gasteiger partial charge in [-0.15, -0.1) is 0 Å². The number of para-hydroxylation sites is 1. The Labute approximate surface area is 199 Å². The van der Waals surface area contributed by atoms with Gasteiger partial charge in [-0.25, -0.2) is 0 Å². The van der Waals surface area contributed by atoms with Crippen LogP contribution >= 0.6 is 11.6 Å². The van der Waals surface area contributed by atoms with E-state index in [9.17, 15) is 14.4 Å². The Bertz CT molecular complexity index is 1420. The third-order valence-electron chi connectivity index (χ3n) is 5.86. The van der Waals surface area contributed by atoms with Gasteiger partial charge >= 0.3 is 0 Å². The van der Waals surface area contributed by atoms with Gasteiger partial charge in [0.05, 0.1) is 28.8 Å². The van der Waals surface area contributed by atoms with E-state index in [2.05, 4.69) is 20.6 Å². The summed E-state index contributed by atoms with van der Waals surface area (Å²) >= 11 is 6.27. The van der Waals surface area contributed by atoms with Crippen molar-refractivity contribution in [3.8, 4) is 0 Å². The highest BCUT2D eigenvalue weighted by atomic mass is 35.5. The van der Waals surface area contributed by atoms with E-state index in [0.29, 0.717) is 15.9 Å². The molecule has 0 aliphatic heterocycles. The van der Waals surface area contributed by atoms with Crippen molar-refractivity contribution in [3.63, 3.8) is 0 Å². The molecular formula is C23H22ClN7O3. The molecule has 0 spiro atoms. The van der Waals surface area contributed by atoms with Crippen LogP contribution in [0.3, 0.4) is 0 Å². The number of fused-ring (bicyclic) bond motifs is 2. The molecule has 1 fully saturated rings. The zero-order chi connectivity index (χ0) is 23.8. The van der Waals surface area contributed by atoms with Gasteiger partial charge in [-0.05, 0) is 36.6 Å². The number of carbonyl (C=O) groups is 3. The monoisotopic (exact) mass is 479 g/mol. The van der Waals surface area contributed by atoms with Crippen molar-refractivity contribution in [1.82, 2.24) is 30.2 Å². The summed E-state index contributed by atoms with van der Waals surface area (Å²) in [6.07, 6.45) is 3.34. The lowest BCUT2D eigenvalue weighted by Gasteiger charge is -2.22. The Morgan fingerprint density at radius 3 is 2.76 bits per heavy atom. The summed E-state index contributed by atoms with van der Waals surface area (Å²) in [7, 11) is 0. The maximum Gasteiger partial charge on any atom is 0.269 e. The minimum atomic E-state index is -0.658. The molecule has 1 aliphatic carbocycles. The zero-order valence-electron chi connectivity index (χ0n) is 18.1. The van der Waals surface area contributed by atoms with Crippen molar-refractivity contribution in [2.45, 2.75) is 32.0 Å². The van der Waals surface area contributed by atoms with Crippen LogP contribution in [0.15, 0.2) is 42.6 Å². The van der Waals surface area contributed by atoms with E-state index in [4.69, 9.17) is 17.3 Å². The van der Waals surface area contributed by atoms with Crippen molar-refractivity contribution in [3.05, 3.63) is 58.9 Å². The molecule has 4 N–H and O–H groups in total. The predicted molar refractivity (Wildman–Crippen MR) is 126 cm³/mol. The molecule has 0 atom stereocenters. The highest BCUT2D eigenvalue weighted by molar-refractivity contribution is 6.35. The summed E-state index contributed by atoms with van der Waals surface area (Å²) in [4.78, 5) is 39.1. The van der Waals surface area contributed by atoms with Gasteiger partial charge in [-0.2, -0.15) is 10.2 Å². The van der Waals surface area contributed by atoms with Gasteiger partial charge in [0.1, 0.15) is 6.54 Å². The minimum Gasteiger partial charge on any atom is -0.364 e. The van der Waals surface area contributed by atoms with Crippen LogP contribution in [-0.4, -0.2) is 55.2 Å². The number of primary amides is 1. The molecule has 11 heteroatoms. The second kappa shape index (κ2) is 8.79. The first kappa shape index (κ1) is 21.9. The maximum atomic E-state index is 13.1. The van der Waals surface area contributed by atoms with E-state index < -0.39 is 5.91 Å².